The van der Waals surface area contributed by atoms with Gasteiger partial charge in [-0.2, -0.15) is 0 Å². The first-order valence-electron chi connectivity index (χ1n) is 9.02. The molecule has 0 atom stereocenters. The van der Waals surface area contributed by atoms with E-state index in [9.17, 15) is 4.79 Å². The molecular formula is C18H23N5O3. The van der Waals surface area contributed by atoms with Crippen molar-refractivity contribution in [3.63, 3.8) is 0 Å². The van der Waals surface area contributed by atoms with Crippen molar-refractivity contribution in [2.75, 3.05) is 25.1 Å². The van der Waals surface area contributed by atoms with E-state index in [0.717, 1.165) is 31.7 Å². The van der Waals surface area contributed by atoms with Crippen LogP contribution in [0.2, 0.25) is 0 Å². The number of piperidine rings is 1. The lowest BCUT2D eigenvalue weighted by molar-refractivity contribution is 0.0710. The molecule has 2 aliphatic rings. The summed E-state index contributed by atoms with van der Waals surface area (Å²) in [5.74, 6) is 2.07. The second-order valence-corrected chi connectivity index (χ2v) is 6.88. The van der Waals surface area contributed by atoms with Crippen molar-refractivity contribution in [2.24, 2.45) is 0 Å². The molecule has 2 aromatic rings. The second kappa shape index (κ2) is 6.93. The SMILES string of the molecule is COc1cc(N(C2CC2)C2CCN(C(=O)c3cnoc3C)CC2)ncn1. The quantitative estimate of drug-likeness (QED) is 0.809. The molecule has 1 saturated carbocycles. The van der Waals surface area contributed by atoms with E-state index >= 15 is 0 Å². The predicted molar refractivity (Wildman–Crippen MR) is 94.3 cm³/mol. The lowest BCUT2D eigenvalue weighted by Gasteiger charge is -2.39. The predicted octanol–water partition coefficient (Wildman–Crippen LogP) is 2.06. The lowest BCUT2D eigenvalue weighted by Crippen LogP contribution is -2.48. The Morgan fingerprint density at radius 3 is 2.58 bits per heavy atom. The van der Waals surface area contributed by atoms with Gasteiger partial charge in [-0.3, -0.25) is 4.79 Å². The van der Waals surface area contributed by atoms with E-state index < -0.39 is 0 Å². The van der Waals surface area contributed by atoms with Crippen LogP contribution < -0.4 is 9.64 Å². The molecule has 8 heteroatoms. The van der Waals surface area contributed by atoms with Crippen molar-refractivity contribution in [1.82, 2.24) is 20.0 Å². The first-order valence-corrected chi connectivity index (χ1v) is 9.02. The number of nitrogens with zero attached hydrogens (tertiary/aromatic N) is 5. The first kappa shape index (κ1) is 16.8. The number of aromatic nitrogens is 3. The highest BCUT2D eigenvalue weighted by atomic mass is 16.5. The molecule has 1 amide bonds. The highest BCUT2D eigenvalue weighted by Crippen LogP contribution is 2.36. The van der Waals surface area contributed by atoms with Crippen molar-refractivity contribution in [1.29, 1.82) is 0 Å². The van der Waals surface area contributed by atoms with Gasteiger partial charge in [0, 0.05) is 31.2 Å². The number of ether oxygens (including phenoxy) is 1. The van der Waals surface area contributed by atoms with Crippen molar-refractivity contribution in [3.05, 3.63) is 29.9 Å². The average Bonchev–Trinajstić information content (AvgIpc) is 3.41. The molecule has 0 N–H and O–H groups in total. The Morgan fingerprint density at radius 2 is 1.96 bits per heavy atom. The summed E-state index contributed by atoms with van der Waals surface area (Å²) >= 11 is 0. The highest BCUT2D eigenvalue weighted by Gasteiger charge is 2.37. The zero-order chi connectivity index (χ0) is 18.1. The lowest BCUT2D eigenvalue weighted by atomic mass is 10.0. The molecule has 26 heavy (non-hydrogen) atoms. The van der Waals surface area contributed by atoms with Crippen molar-refractivity contribution in [3.8, 4) is 5.88 Å². The maximum absolute atomic E-state index is 12.6. The Balaban J connectivity index is 1.45. The molecule has 8 nitrogen and oxygen atoms in total. The standard InChI is InChI=1S/C18H23N5O3/c1-12-15(10-21-26-12)18(24)22-7-5-14(6-8-22)23(13-3-4-13)16-9-17(25-2)20-11-19-16/h9-11,13-14H,3-8H2,1-2H3. The number of aryl methyl sites for hydroxylation is 1. The van der Waals surface area contributed by atoms with E-state index in [1.165, 1.54) is 19.0 Å². The highest BCUT2D eigenvalue weighted by molar-refractivity contribution is 5.94. The third kappa shape index (κ3) is 3.23. The van der Waals surface area contributed by atoms with Crippen LogP contribution in [-0.2, 0) is 0 Å². The van der Waals surface area contributed by atoms with Crippen LogP contribution >= 0.6 is 0 Å². The average molecular weight is 357 g/mol. The number of hydrogen-bond donors (Lipinski definition) is 0. The minimum Gasteiger partial charge on any atom is -0.481 e. The van der Waals surface area contributed by atoms with Crippen LogP contribution in [0, 0.1) is 6.92 Å². The summed E-state index contributed by atoms with van der Waals surface area (Å²) in [5, 5.41) is 3.71. The largest absolute Gasteiger partial charge is 0.481 e. The first-order chi connectivity index (χ1) is 12.7. The van der Waals surface area contributed by atoms with Gasteiger partial charge in [0.05, 0.1) is 13.3 Å². The third-order valence-corrected chi connectivity index (χ3v) is 5.17. The number of carbonyl (C=O) groups excluding carboxylic acids is 1. The summed E-state index contributed by atoms with van der Waals surface area (Å²) in [6, 6.07) is 2.80. The van der Waals surface area contributed by atoms with Gasteiger partial charge in [0.25, 0.3) is 5.91 Å². The van der Waals surface area contributed by atoms with Crippen LogP contribution in [0.15, 0.2) is 23.1 Å². The van der Waals surface area contributed by atoms with Gasteiger partial charge in [-0.05, 0) is 32.6 Å². The number of anilines is 1. The summed E-state index contributed by atoms with van der Waals surface area (Å²) in [6.45, 7) is 3.21. The Kier molecular flexibility index (Phi) is 4.48. The molecule has 1 aliphatic heterocycles. The third-order valence-electron chi connectivity index (χ3n) is 5.17. The molecule has 2 fully saturated rings. The monoisotopic (exact) mass is 357 g/mol. The van der Waals surface area contributed by atoms with E-state index in [1.807, 2.05) is 11.0 Å². The van der Waals surface area contributed by atoms with Crippen molar-refractivity contribution in [2.45, 2.75) is 44.7 Å². The van der Waals surface area contributed by atoms with Gasteiger partial charge in [-0.1, -0.05) is 5.16 Å². The van der Waals surface area contributed by atoms with E-state index in [2.05, 4.69) is 20.0 Å². The van der Waals surface area contributed by atoms with Crippen LogP contribution in [0.5, 0.6) is 5.88 Å². The molecule has 4 rings (SSSR count). The Labute approximate surface area is 152 Å². The van der Waals surface area contributed by atoms with Crippen LogP contribution in [0.25, 0.3) is 0 Å². The second-order valence-electron chi connectivity index (χ2n) is 6.88. The van der Waals surface area contributed by atoms with Crippen molar-refractivity contribution >= 4 is 11.7 Å². The number of hydrogen-bond acceptors (Lipinski definition) is 7. The zero-order valence-electron chi connectivity index (χ0n) is 15.1. The van der Waals surface area contributed by atoms with Crippen LogP contribution in [0.4, 0.5) is 5.82 Å². The fraction of sp³-hybridized carbons (Fsp3) is 0.556. The molecule has 1 aliphatic carbocycles. The molecular weight excluding hydrogens is 334 g/mol. The molecule has 138 valence electrons. The van der Waals surface area contributed by atoms with Gasteiger partial charge < -0.3 is 19.1 Å². The van der Waals surface area contributed by atoms with Gasteiger partial charge in [-0.15, -0.1) is 0 Å². The summed E-state index contributed by atoms with van der Waals surface area (Å²) in [6.07, 6.45) is 7.26. The van der Waals surface area contributed by atoms with Gasteiger partial charge >= 0.3 is 0 Å². The molecule has 2 aromatic heterocycles. The molecule has 0 radical (unpaired) electrons. The van der Waals surface area contributed by atoms with E-state index in [0.29, 0.717) is 29.3 Å². The van der Waals surface area contributed by atoms with Gasteiger partial charge in [0.2, 0.25) is 5.88 Å². The topological polar surface area (TPSA) is 84.6 Å². The summed E-state index contributed by atoms with van der Waals surface area (Å²) in [5.41, 5.74) is 0.558. The number of likely N-dealkylation sites (tertiary alicyclic amines) is 1. The van der Waals surface area contributed by atoms with Gasteiger partial charge in [-0.25, -0.2) is 9.97 Å². The fourth-order valence-corrected chi connectivity index (χ4v) is 3.63. The smallest absolute Gasteiger partial charge is 0.259 e. The number of rotatable bonds is 5. The van der Waals surface area contributed by atoms with Crippen LogP contribution in [-0.4, -0.2) is 58.2 Å². The zero-order valence-corrected chi connectivity index (χ0v) is 15.1. The van der Waals surface area contributed by atoms with E-state index in [-0.39, 0.29) is 5.91 Å². The molecule has 0 unspecified atom stereocenters. The van der Waals surface area contributed by atoms with Crippen molar-refractivity contribution < 1.29 is 14.1 Å². The Bertz CT molecular complexity index is 781. The Hall–Kier alpha value is -2.64. The molecule has 0 bridgehead atoms. The molecule has 0 spiro atoms. The minimum atomic E-state index is 0.00359. The maximum atomic E-state index is 12.6. The minimum absolute atomic E-state index is 0.00359. The van der Waals surface area contributed by atoms with E-state index in [4.69, 9.17) is 9.26 Å². The van der Waals surface area contributed by atoms with Gasteiger partial charge in [0.15, 0.2) is 0 Å². The number of methoxy groups -OCH3 is 1. The summed E-state index contributed by atoms with van der Waals surface area (Å²) in [4.78, 5) is 25.5. The summed E-state index contributed by atoms with van der Waals surface area (Å²) < 4.78 is 10.3. The molecule has 3 heterocycles. The van der Waals surface area contributed by atoms with Gasteiger partial charge in [0.1, 0.15) is 23.5 Å². The van der Waals surface area contributed by atoms with Crippen LogP contribution in [0.3, 0.4) is 0 Å². The van der Waals surface area contributed by atoms with E-state index in [1.54, 1.807) is 20.4 Å². The van der Waals surface area contributed by atoms with Crippen LogP contribution in [0.1, 0.15) is 41.8 Å². The number of carbonyl (C=O) groups is 1. The number of amides is 1. The molecule has 1 saturated heterocycles. The molecule has 0 aromatic carbocycles. The maximum Gasteiger partial charge on any atom is 0.259 e. The Morgan fingerprint density at radius 1 is 1.23 bits per heavy atom. The summed E-state index contributed by atoms with van der Waals surface area (Å²) in [7, 11) is 1.62. The fourth-order valence-electron chi connectivity index (χ4n) is 3.63. The normalized spacial score (nSPS) is 18.0.